The first kappa shape index (κ1) is 13.8. The third kappa shape index (κ3) is 2.89. The summed E-state index contributed by atoms with van der Waals surface area (Å²) in [5.74, 6) is 0. The number of aliphatic hydroxyl groups is 1. The zero-order chi connectivity index (χ0) is 13.2. The molecule has 0 atom stereocenters. The van der Waals surface area contributed by atoms with E-state index in [1.807, 2.05) is 0 Å². The molecule has 8 heteroatoms. The number of hydrogen-bond donors (Lipinski definition) is 2. The van der Waals surface area contributed by atoms with E-state index in [1.54, 1.807) is 0 Å². The zero-order valence-corrected chi connectivity index (χ0v) is 8.43. The highest BCUT2D eigenvalue weighted by Crippen LogP contribution is 2.38. The van der Waals surface area contributed by atoms with Gasteiger partial charge < -0.3 is 10.8 Å². The molecule has 3 N–H and O–H groups in total. The molecule has 0 fully saturated rings. The minimum absolute atomic E-state index is 0.127. The number of rotatable bonds is 3. The Labute approximate surface area is 93.1 Å². The van der Waals surface area contributed by atoms with Crippen LogP contribution in [0.15, 0.2) is 6.07 Å². The molecule has 0 aliphatic rings. The average molecular weight is 256 g/mol. The predicted octanol–water partition coefficient (Wildman–Crippen LogP) is 1.99. The molecule has 0 aliphatic carbocycles. The largest absolute Gasteiger partial charge is 0.418 e. The fraction of sp³-hybridized carbons (Fsp3) is 0.444. The molecule has 0 spiro atoms. The number of halogens is 5. The number of hydrogen-bond acceptors (Lipinski definition) is 3. The Morgan fingerprint density at radius 1 is 1.35 bits per heavy atom. The second-order valence-corrected chi connectivity index (χ2v) is 3.19. The van der Waals surface area contributed by atoms with E-state index in [0.717, 1.165) is 6.07 Å². The predicted molar refractivity (Wildman–Crippen MR) is 48.0 cm³/mol. The summed E-state index contributed by atoms with van der Waals surface area (Å²) in [5, 5.41) is 8.79. The maximum Gasteiger partial charge on any atom is 0.418 e. The van der Waals surface area contributed by atoms with E-state index < -0.39 is 36.0 Å². The van der Waals surface area contributed by atoms with Crippen LogP contribution in [0.5, 0.6) is 0 Å². The van der Waals surface area contributed by atoms with Gasteiger partial charge in [0.1, 0.15) is 5.69 Å². The van der Waals surface area contributed by atoms with Crippen LogP contribution in [-0.4, -0.2) is 10.1 Å². The van der Waals surface area contributed by atoms with Crippen molar-refractivity contribution >= 4 is 0 Å². The summed E-state index contributed by atoms with van der Waals surface area (Å²) < 4.78 is 62.7. The van der Waals surface area contributed by atoms with Gasteiger partial charge in [0.15, 0.2) is 0 Å². The van der Waals surface area contributed by atoms with Crippen molar-refractivity contribution < 1.29 is 27.1 Å². The molecule has 96 valence electrons. The van der Waals surface area contributed by atoms with Crippen LogP contribution in [0, 0.1) is 0 Å². The molecule has 0 saturated heterocycles. The third-order valence-corrected chi connectivity index (χ3v) is 2.05. The minimum atomic E-state index is -5.00. The molecular weight excluding hydrogens is 247 g/mol. The molecule has 0 bridgehead atoms. The molecule has 17 heavy (non-hydrogen) atoms. The highest BCUT2D eigenvalue weighted by Gasteiger charge is 2.39. The molecule has 0 saturated carbocycles. The van der Waals surface area contributed by atoms with Crippen molar-refractivity contribution in [2.75, 3.05) is 0 Å². The molecule has 0 unspecified atom stereocenters. The first-order chi connectivity index (χ1) is 7.81. The number of nitrogens with zero attached hydrogens (tertiary/aromatic N) is 1. The average Bonchev–Trinajstić information content (AvgIpc) is 2.25. The summed E-state index contributed by atoms with van der Waals surface area (Å²) in [6.07, 6.45) is -8.38. The molecule has 0 aromatic carbocycles. The molecule has 3 nitrogen and oxygen atoms in total. The van der Waals surface area contributed by atoms with Crippen LogP contribution in [0.4, 0.5) is 22.0 Å². The van der Waals surface area contributed by atoms with Crippen LogP contribution in [0.2, 0.25) is 0 Å². The monoisotopic (exact) mass is 256 g/mol. The molecule has 0 aliphatic heterocycles. The van der Waals surface area contributed by atoms with Crippen LogP contribution >= 0.6 is 0 Å². The van der Waals surface area contributed by atoms with Gasteiger partial charge in [-0.15, -0.1) is 0 Å². The Morgan fingerprint density at radius 2 is 1.94 bits per heavy atom. The Hall–Kier alpha value is -1.28. The van der Waals surface area contributed by atoms with Crippen LogP contribution < -0.4 is 5.73 Å². The second kappa shape index (κ2) is 4.92. The molecular formula is C9H9F5N2O. The molecule has 1 aromatic rings. The van der Waals surface area contributed by atoms with Gasteiger partial charge in [0.2, 0.25) is 0 Å². The lowest BCUT2D eigenvalue weighted by Crippen LogP contribution is -2.17. The van der Waals surface area contributed by atoms with E-state index in [2.05, 4.69) is 4.98 Å². The van der Waals surface area contributed by atoms with Gasteiger partial charge in [0.25, 0.3) is 6.43 Å². The normalized spacial score (nSPS) is 12.2. The van der Waals surface area contributed by atoms with Gasteiger partial charge in [0.05, 0.1) is 17.9 Å². The Bertz CT molecular complexity index is 405. The summed E-state index contributed by atoms with van der Waals surface area (Å²) in [5.41, 5.74) is 1.36. The van der Waals surface area contributed by atoms with E-state index in [9.17, 15) is 22.0 Å². The van der Waals surface area contributed by atoms with Crippen molar-refractivity contribution in [1.29, 1.82) is 0 Å². The van der Waals surface area contributed by atoms with Crippen LogP contribution in [0.1, 0.15) is 28.9 Å². The summed E-state index contributed by atoms with van der Waals surface area (Å²) in [7, 11) is 0. The van der Waals surface area contributed by atoms with Crippen molar-refractivity contribution in [1.82, 2.24) is 4.98 Å². The van der Waals surface area contributed by atoms with E-state index in [1.165, 1.54) is 0 Å². The smallest absolute Gasteiger partial charge is 0.392 e. The van der Waals surface area contributed by atoms with Crippen LogP contribution in [0.3, 0.4) is 0 Å². The van der Waals surface area contributed by atoms with E-state index in [4.69, 9.17) is 10.8 Å². The summed E-state index contributed by atoms with van der Waals surface area (Å²) in [6, 6.07) is 0.870. The Balaban J connectivity index is 3.53. The van der Waals surface area contributed by atoms with Crippen LogP contribution in [0.25, 0.3) is 0 Å². The van der Waals surface area contributed by atoms with Crippen LogP contribution in [-0.2, 0) is 19.3 Å². The summed E-state index contributed by atoms with van der Waals surface area (Å²) in [6.45, 7) is -1.30. The van der Waals surface area contributed by atoms with Crippen molar-refractivity contribution in [3.63, 3.8) is 0 Å². The second-order valence-electron chi connectivity index (χ2n) is 3.19. The highest BCUT2D eigenvalue weighted by molar-refractivity contribution is 5.35. The fourth-order valence-corrected chi connectivity index (χ4v) is 1.40. The number of pyridine rings is 1. The minimum Gasteiger partial charge on any atom is -0.392 e. The highest BCUT2D eigenvalue weighted by atomic mass is 19.4. The molecule has 1 rings (SSSR count). The molecule has 0 radical (unpaired) electrons. The SMILES string of the molecule is NCc1cc(CO)c(C(F)(F)F)c(C(F)F)n1. The fourth-order valence-electron chi connectivity index (χ4n) is 1.40. The summed E-state index contributed by atoms with van der Waals surface area (Å²) >= 11 is 0. The lowest BCUT2D eigenvalue weighted by atomic mass is 10.0. The van der Waals surface area contributed by atoms with Crippen molar-refractivity contribution in [2.24, 2.45) is 5.73 Å². The number of alkyl halides is 5. The lowest BCUT2D eigenvalue weighted by Gasteiger charge is -2.16. The molecule has 1 heterocycles. The van der Waals surface area contributed by atoms with Crippen molar-refractivity contribution in [2.45, 2.75) is 25.8 Å². The van der Waals surface area contributed by atoms with Gasteiger partial charge in [0, 0.05) is 6.54 Å². The zero-order valence-electron chi connectivity index (χ0n) is 8.43. The topological polar surface area (TPSA) is 59.1 Å². The first-order valence-corrected chi connectivity index (χ1v) is 4.50. The quantitative estimate of drug-likeness (QED) is 0.813. The van der Waals surface area contributed by atoms with Gasteiger partial charge >= 0.3 is 6.18 Å². The number of nitrogens with two attached hydrogens (primary N) is 1. The maximum atomic E-state index is 12.6. The van der Waals surface area contributed by atoms with Gasteiger partial charge in [-0.1, -0.05) is 0 Å². The number of aromatic nitrogens is 1. The lowest BCUT2D eigenvalue weighted by molar-refractivity contribution is -0.141. The van der Waals surface area contributed by atoms with Gasteiger partial charge in [-0.25, -0.2) is 13.8 Å². The summed E-state index contributed by atoms with van der Waals surface area (Å²) in [4.78, 5) is 3.16. The Kier molecular flexibility index (Phi) is 3.99. The van der Waals surface area contributed by atoms with Gasteiger partial charge in [-0.2, -0.15) is 13.2 Å². The van der Waals surface area contributed by atoms with E-state index in [-0.39, 0.29) is 12.2 Å². The first-order valence-electron chi connectivity index (χ1n) is 4.50. The maximum absolute atomic E-state index is 12.6. The molecule has 0 amide bonds. The van der Waals surface area contributed by atoms with Crippen molar-refractivity contribution in [3.8, 4) is 0 Å². The van der Waals surface area contributed by atoms with Gasteiger partial charge in [-0.05, 0) is 11.6 Å². The van der Waals surface area contributed by atoms with Crippen molar-refractivity contribution in [3.05, 3.63) is 28.6 Å². The van der Waals surface area contributed by atoms with Gasteiger partial charge in [-0.3, -0.25) is 0 Å². The number of aliphatic hydroxyl groups excluding tert-OH is 1. The van der Waals surface area contributed by atoms with E-state index in [0.29, 0.717) is 0 Å². The Morgan fingerprint density at radius 3 is 2.29 bits per heavy atom. The molecule has 1 aromatic heterocycles. The van der Waals surface area contributed by atoms with E-state index >= 15 is 0 Å². The third-order valence-electron chi connectivity index (χ3n) is 2.05. The standard InChI is InChI=1S/C9H9F5N2O/c10-8(11)7-6(9(12,13)14)4(3-17)1-5(2-15)16-7/h1,8,17H,2-3,15H2.